The molecular formula is C22H27ClN2O4. The molecule has 1 aliphatic heterocycles. The fourth-order valence-electron chi connectivity index (χ4n) is 3.59. The third kappa shape index (κ3) is 5.78. The molecule has 3 rings (SSSR count). The first-order chi connectivity index (χ1) is 14.1. The highest BCUT2D eigenvalue weighted by Crippen LogP contribution is 2.38. The van der Waals surface area contributed by atoms with Crippen molar-refractivity contribution in [3.05, 3.63) is 53.1 Å². The Bertz CT molecular complexity index is 813. The van der Waals surface area contributed by atoms with Crippen molar-refractivity contribution in [3.63, 3.8) is 0 Å². The lowest BCUT2D eigenvalue weighted by atomic mass is 10.0. The highest BCUT2D eigenvalue weighted by Gasteiger charge is 2.29. The largest absolute Gasteiger partial charge is 0.497 e. The van der Waals surface area contributed by atoms with Crippen LogP contribution in [-0.2, 0) is 4.79 Å². The second kappa shape index (κ2) is 10.4. The summed E-state index contributed by atoms with van der Waals surface area (Å²) >= 11 is 5.85. The van der Waals surface area contributed by atoms with Crippen LogP contribution < -0.4 is 19.5 Å². The van der Waals surface area contributed by atoms with Gasteiger partial charge in [0.2, 0.25) is 5.91 Å². The van der Waals surface area contributed by atoms with Gasteiger partial charge in [0, 0.05) is 22.7 Å². The number of nitrogens with one attached hydrogen (secondary N) is 1. The van der Waals surface area contributed by atoms with E-state index in [1.54, 1.807) is 38.5 Å². The standard InChI is InChI=1S/C22H27ClN2O4/c1-27-18-9-10-19(21(14-18)28-2)20-4-3-12-25(20)15-22(26)24-11-13-29-17-7-5-16(23)6-8-17/h5-10,14,20H,3-4,11-13,15H2,1-2H3,(H,24,26)/t20-/m1/s1. The molecule has 6 nitrogen and oxygen atoms in total. The van der Waals surface area contributed by atoms with Crippen molar-refractivity contribution < 1.29 is 19.0 Å². The van der Waals surface area contributed by atoms with Crippen LogP contribution in [0.4, 0.5) is 0 Å². The first-order valence-corrected chi connectivity index (χ1v) is 10.1. The van der Waals surface area contributed by atoms with Crippen molar-refractivity contribution in [2.45, 2.75) is 18.9 Å². The lowest BCUT2D eigenvalue weighted by Crippen LogP contribution is -2.38. The number of amides is 1. The maximum Gasteiger partial charge on any atom is 0.234 e. The van der Waals surface area contributed by atoms with Crippen molar-refractivity contribution in [1.82, 2.24) is 10.2 Å². The Hall–Kier alpha value is -2.44. The van der Waals surface area contributed by atoms with E-state index in [9.17, 15) is 4.79 Å². The third-order valence-corrected chi connectivity index (χ3v) is 5.27. The lowest BCUT2D eigenvalue weighted by Gasteiger charge is -2.25. The Labute approximate surface area is 176 Å². The zero-order valence-electron chi connectivity index (χ0n) is 16.8. The molecule has 2 aromatic rings. The second-order valence-corrected chi connectivity index (χ2v) is 7.33. The van der Waals surface area contributed by atoms with Crippen LogP contribution in [0.5, 0.6) is 17.2 Å². The number of carbonyl (C=O) groups is 1. The summed E-state index contributed by atoms with van der Waals surface area (Å²) in [5.74, 6) is 2.27. The molecule has 156 valence electrons. The smallest absolute Gasteiger partial charge is 0.234 e. The van der Waals surface area contributed by atoms with E-state index in [0.717, 1.165) is 42.2 Å². The Morgan fingerprint density at radius 3 is 2.62 bits per heavy atom. The minimum absolute atomic E-state index is 0.0101. The fourth-order valence-corrected chi connectivity index (χ4v) is 3.72. The molecule has 1 fully saturated rings. The highest BCUT2D eigenvalue weighted by molar-refractivity contribution is 6.30. The number of likely N-dealkylation sites (tertiary alicyclic amines) is 1. The summed E-state index contributed by atoms with van der Waals surface area (Å²) in [6, 6.07) is 13.2. The summed E-state index contributed by atoms with van der Waals surface area (Å²) in [7, 11) is 3.29. The van der Waals surface area contributed by atoms with Gasteiger partial charge in [-0.05, 0) is 49.7 Å². The molecule has 0 aromatic heterocycles. The molecule has 0 aliphatic carbocycles. The van der Waals surface area contributed by atoms with E-state index in [2.05, 4.69) is 10.2 Å². The minimum atomic E-state index is -0.0101. The predicted molar refractivity (Wildman–Crippen MR) is 113 cm³/mol. The maximum absolute atomic E-state index is 12.4. The molecule has 0 bridgehead atoms. The molecule has 1 heterocycles. The van der Waals surface area contributed by atoms with Crippen LogP contribution in [0.15, 0.2) is 42.5 Å². The van der Waals surface area contributed by atoms with Crippen LogP contribution >= 0.6 is 11.6 Å². The van der Waals surface area contributed by atoms with Gasteiger partial charge in [-0.15, -0.1) is 0 Å². The van der Waals surface area contributed by atoms with E-state index in [0.29, 0.717) is 24.7 Å². The Morgan fingerprint density at radius 2 is 1.90 bits per heavy atom. The molecule has 1 saturated heterocycles. The van der Waals surface area contributed by atoms with E-state index in [4.69, 9.17) is 25.8 Å². The maximum atomic E-state index is 12.4. The SMILES string of the molecule is COc1ccc([C@H]2CCCN2CC(=O)NCCOc2ccc(Cl)cc2)c(OC)c1. The Balaban J connectivity index is 1.50. The van der Waals surface area contributed by atoms with E-state index in [1.165, 1.54) is 0 Å². The zero-order valence-corrected chi connectivity index (χ0v) is 17.6. The zero-order chi connectivity index (χ0) is 20.6. The molecule has 1 atom stereocenters. The lowest BCUT2D eigenvalue weighted by molar-refractivity contribution is -0.122. The average Bonchev–Trinajstić information content (AvgIpc) is 3.19. The molecule has 1 N–H and O–H groups in total. The summed E-state index contributed by atoms with van der Waals surface area (Å²) in [6.45, 7) is 2.09. The Morgan fingerprint density at radius 1 is 1.14 bits per heavy atom. The molecule has 0 unspecified atom stereocenters. The van der Waals surface area contributed by atoms with Crippen LogP contribution in [0, 0.1) is 0 Å². The number of carbonyl (C=O) groups excluding carboxylic acids is 1. The number of rotatable bonds is 9. The second-order valence-electron chi connectivity index (χ2n) is 6.89. The van der Waals surface area contributed by atoms with Crippen molar-refractivity contribution in [2.24, 2.45) is 0 Å². The van der Waals surface area contributed by atoms with E-state index >= 15 is 0 Å². The molecular weight excluding hydrogens is 392 g/mol. The number of hydrogen-bond donors (Lipinski definition) is 1. The van der Waals surface area contributed by atoms with Gasteiger partial charge >= 0.3 is 0 Å². The number of benzene rings is 2. The van der Waals surface area contributed by atoms with Gasteiger partial charge in [-0.3, -0.25) is 9.69 Å². The van der Waals surface area contributed by atoms with Crippen molar-refractivity contribution in [3.8, 4) is 17.2 Å². The topological polar surface area (TPSA) is 60.0 Å². The van der Waals surface area contributed by atoms with Gasteiger partial charge in [0.1, 0.15) is 23.9 Å². The van der Waals surface area contributed by atoms with Crippen LogP contribution in [0.25, 0.3) is 0 Å². The normalized spacial score (nSPS) is 16.4. The van der Waals surface area contributed by atoms with E-state index < -0.39 is 0 Å². The summed E-state index contributed by atoms with van der Waals surface area (Å²) in [5, 5.41) is 3.59. The van der Waals surface area contributed by atoms with Gasteiger partial charge in [-0.2, -0.15) is 0 Å². The molecule has 0 saturated carbocycles. The molecule has 1 aliphatic rings. The van der Waals surface area contributed by atoms with Crippen molar-refractivity contribution >= 4 is 17.5 Å². The fraction of sp³-hybridized carbons (Fsp3) is 0.409. The van der Waals surface area contributed by atoms with Gasteiger partial charge in [0.05, 0.1) is 27.3 Å². The van der Waals surface area contributed by atoms with Crippen LogP contribution in [0.2, 0.25) is 5.02 Å². The monoisotopic (exact) mass is 418 g/mol. The summed E-state index contributed by atoms with van der Waals surface area (Å²) in [6.07, 6.45) is 2.04. The number of hydrogen-bond acceptors (Lipinski definition) is 5. The molecule has 0 spiro atoms. The average molecular weight is 419 g/mol. The third-order valence-electron chi connectivity index (χ3n) is 5.02. The minimum Gasteiger partial charge on any atom is -0.497 e. The number of halogens is 1. The van der Waals surface area contributed by atoms with Crippen LogP contribution in [0.3, 0.4) is 0 Å². The van der Waals surface area contributed by atoms with Crippen molar-refractivity contribution in [2.75, 3.05) is 40.5 Å². The summed E-state index contributed by atoms with van der Waals surface area (Å²) in [4.78, 5) is 14.6. The van der Waals surface area contributed by atoms with Crippen molar-refractivity contribution in [1.29, 1.82) is 0 Å². The van der Waals surface area contributed by atoms with Gasteiger partial charge < -0.3 is 19.5 Å². The van der Waals surface area contributed by atoms with Gasteiger partial charge in [-0.1, -0.05) is 17.7 Å². The number of nitrogens with zero attached hydrogens (tertiary/aromatic N) is 1. The molecule has 7 heteroatoms. The van der Waals surface area contributed by atoms with E-state index in [1.807, 2.05) is 18.2 Å². The number of methoxy groups -OCH3 is 2. The summed E-state index contributed by atoms with van der Waals surface area (Å²) in [5.41, 5.74) is 1.09. The van der Waals surface area contributed by atoms with Crippen LogP contribution in [-0.4, -0.2) is 51.3 Å². The molecule has 0 radical (unpaired) electrons. The van der Waals surface area contributed by atoms with Gasteiger partial charge in [-0.25, -0.2) is 0 Å². The number of ether oxygens (including phenoxy) is 3. The Kier molecular flexibility index (Phi) is 7.61. The molecule has 2 aromatic carbocycles. The molecule has 29 heavy (non-hydrogen) atoms. The summed E-state index contributed by atoms with van der Waals surface area (Å²) < 4.78 is 16.4. The molecule has 1 amide bonds. The predicted octanol–water partition coefficient (Wildman–Crippen LogP) is 3.69. The van der Waals surface area contributed by atoms with Gasteiger partial charge in [0.25, 0.3) is 0 Å². The first-order valence-electron chi connectivity index (χ1n) is 9.71. The first kappa shape index (κ1) is 21.3. The highest BCUT2D eigenvalue weighted by atomic mass is 35.5. The van der Waals surface area contributed by atoms with E-state index in [-0.39, 0.29) is 11.9 Å². The van der Waals surface area contributed by atoms with Crippen LogP contribution in [0.1, 0.15) is 24.4 Å². The quantitative estimate of drug-likeness (QED) is 0.629. The van der Waals surface area contributed by atoms with Gasteiger partial charge in [0.15, 0.2) is 0 Å².